The van der Waals surface area contributed by atoms with E-state index < -0.39 is 12.0 Å². The molecule has 23 heavy (non-hydrogen) atoms. The average molecular weight is 337 g/mol. The van der Waals surface area contributed by atoms with Gasteiger partial charge in [-0.15, -0.1) is 0 Å². The number of aliphatic carboxylic acids is 1. The van der Waals surface area contributed by atoms with Gasteiger partial charge >= 0.3 is 5.97 Å². The summed E-state index contributed by atoms with van der Waals surface area (Å²) in [5.41, 5.74) is 1.92. The van der Waals surface area contributed by atoms with E-state index >= 15 is 0 Å². The first-order chi connectivity index (χ1) is 10.9. The van der Waals surface area contributed by atoms with E-state index in [0.717, 1.165) is 0 Å². The lowest BCUT2D eigenvalue weighted by Gasteiger charge is -2.18. The molecule has 0 spiro atoms. The lowest BCUT2D eigenvalue weighted by atomic mass is 10.0. The van der Waals surface area contributed by atoms with Crippen LogP contribution in [-0.2, 0) is 16.0 Å². The Balaban J connectivity index is 2.16. The van der Waals surface area contributed by atoms with E-state index in [0.29, 0.717) is 27.6 Å². The van der Waals surface area contributed by atoms with Crippen LogP contribution in [0.15, 0.2) is 28.8 Å². The molecule has 1 aromatic carbocycles. The van der Waals surface area contributed by atoms with Crippen molar-refractivity contribution >= 4 is 23.5 Å². The normalized spacial score (nSPS) is 12.0. The van der Waals surface area contributed by atoms with E-state index in [1.54, 1.807) is 38.1 Å². The summed E-state index contributed by atoms with van der Waals surface area (Å²) in [6.07, 6.45) is -0.182. The molecule has 2 rings (SSSR count). The van der Waals surface area contributed by atoms with Crippen molar-refractivity contribution in [2.75, 3.05) is 0 Å². The molecule has 0 radical (unpaired) electrons. The second-order valence-corrected chi connectivity index (χ2v) is 5.63. The number of nitrogens with zero attached hydrogens (tertiary/aromatic N) is 1. The number of carboxylic acids is 1. The number of carbonyl (C=O) groups excluding carboxylic acids is 1. The molecule has 1 amide bonds. The predicted molar refractivity (Wildman–Crippen MR) is 84.3 cm³/mol. The van der Waals surface area contributed by atoms with Gasteiger partial charge in [0, 0.05) is 10.6 Å². The van der Waals surface area contributed by atoms with Gasteiger partial charge in [-0.25, -0.2) is 0 Å². The number of aromatic nitrogens is 1. The zero-order valence-electron chi connectivity index (χ0n) is 12.8. The molecule has 7 heteroatoms. The van der Waals surface area contributed by atoms with Crippen molar-refractivity contribution in [2.45, 2.75) is 32.7 Å². The summed E-state index contributed by atoms with van der Waals surface area (Å²) >= 11 is 6.11. The Labute approximate surface area is 138 Å². The molecule has 1 aromatic heterocycles. The van der Waals surface area contributed by atoms with Gasteiger partial charge in [-0.1, -0.05) is 35.0 Å². The fourth-order valence-corrected chi connectivity index (χ4v) is 2.60. The minimum absolute atomic E-state index is 0.0712. The van der Waals surface area contributed by atoms with E-state index in [2.05, 4.69) is 10.5 Å². The molecule has 0 aliphatic heterocycles. The molecule has 0 unspecified atom stereocenters. The van der Waals surface area contributed by atoms with Crippen LogP contribution in [0.4, 0.5) is 0 Å². The summed E-state index contributed by atoms with van der Waals surface area (Å²) in [5.74, 6) is -0.761. The van der Waals surface area contributed by atoms with Crippen LogP contribution in [0.3, 0.4) is 0 Å². The van der Waals surface area contributed by atoms with Crippen LogP contribution in [0.5, 0.6) is 0 Å². The molecule has 6 nitrogen and oxygen atoms in total. The number of hydrogen-bond acceptors (Lipinski definition) is 4. The Morgan fingerprint density at radius 2 is 2.04 bits per heavy atom. The molecule has 0 aliphatic carbocycles. The second kappa shape index (κ2) is 7.28. The van der Waals surface area contributed by atoms with Gasteiger partial charge in [0.25, 0.3) is 0 Å². The summed E-state index contributed by atoms with van der Waals surface area (Å²) in [7, 11) is 0. The molecule has 0 aliphatic rings. The van der Waals surface area contributed by atoms with Crippen LogP contribution in [0.25, 0.3) is 0 Å². The highest BCUT2D eigenvalue weighted by Crippen LogP contribution is 2.25. The quantitative estimate of drug-likeness (QED) is 0.846. The minimum Gasteiger partial charge on any atom is -0.481 e. The number of carbonyl (C=O) groups is 2. The predicted octanol–water partition coefficient (Wildman–Crippen LogP) is 2.82. The molecular formula is C16H17ClN2O4. The maximum absolute atomic E-state index is 12.3. The highest BCUT2D eigenvalue weighted by molar-refractivity contribution is 6.31. The highest BCUT2D eigenvalue weighted by Gasteiger charge is 2.22. The lowest BCUT2D eigenvalue weighted by molar-refractivity contribution is -0.137. The summed E-state index contributed by atoms with van der Waals surface area (Å²) < 4.78 is 5.02. The second-order valence-electron chi connectivity index (χ2n) is 5.22. The Hall–Kier alpha value is -2.34. The molecule has 2 aromatic rings. The van der Waals surface area contributed by atoms with E-state index in [1.165, 1.54) is 0 Å². The van der Waals surface area contributed by atoms with Gasteiger partial charge in [0.1, 0.15) is 5.76 Å². The molecule has 0 saturated carbocycles. The van der Waals surface area contributed by atoms with Crippen molar-refractivity contribution in [2.24, 2.45) is 0 Å². The first-order valence-corrected chi connectivity index (χ1v) is 7.43. The summed E-state index contributed by atoms with van der Waals surface area (Å²) in [5, 5.41) is 16.0. The Bertz CT molecular complexity index is 707. The standard InChI is InChI=1S/C16H17ClN2O4/c1-9-12(10(2)23-19-9)7-15(20)18-14(8-16(21)22)11-5-3-4-6-13(11)17/h3-6,14H,7-8H2,1-2H3,(H,18,20)(H,21,22)/t14-/m0/s1. The van der Waals surface area contributed by atoms with E-state index in [1.807, 2.05) is 0 Å². The van der Waals surface area contributed by atoms with Crippen molar-refractivity contribution < 1.29 is 19.2 Å². The number of halogens is 1. The van der Waals surface area contributed by atoms with E-state index in [4.69, 9.17) is 21.2 Å². The maximum atomic E-state index is 12.3. The zero-order valence-corrected chi connectivity index (χ0v) is 13.6. The molecule has 2 N–H and O–H groups in total. The first-order valence-electron chi connectivity index (χ1n) is 7.05. The number of aryl methyl sites for hydroxylation is 2. The number of rotatable bonds is 6. The molecule has 1 heterocycles. The fourth-order valence-electron chi connectivity index (χ4n) is 2.33. The number of benzene rings is 1. The van der Waals surface area contributed by atoms with Gasteiger partial charge in [0.15, 0.2) is 0 Å². The van der Waals surface area contributed by atoms with Crippen molar-refractivity contribution in [1.82, 2.24) is 10.5 Å². The Kier molecular flexibility index (Phi) is 5.39. The largest absolute Gasteiger partial charge is 0.481 e. The monoisotopic (exact) mass is 336 g/mol. The topological polar surface area (TPSA) is 92.4 Å². The van der Waals surface area contributed by atoms with Gasteiger partial charge in [-0.3, -0.25) is 9.59 Å². The molecule has 0 saturated heterocycles. The third-order valence-electron chi connectivity index (χ3n) is 3.51. The maximum Gasteiger partial charge on any atom is 0.305 e. The van der Waals surface area contributed by atoms with E-state index in [9.17, 15) is 9.59 Å². The Morgan fingerprint density at radius 3 is 2.61 bits per heavy atom. The van der Waals surface area contributed by atoms with Crippen LogP contribution in [0.1, 0.15) is 35.0 Å². The molecule has 1 atom stereocenters. The Morgan fingerprint density at radius 1 is 1.35 bits per heavy atom. The summed E-state index contributed by atoms with van der Waals surface area (Å²) in [4.78, 5) is 23.4. The number of nitrogens with one attached hydrogen (secondary N) is 1. The molecule has 0 fully saturated rings. The average Bonchev–Trinajstić information content (AvgIpc) is 2.78. The molecule has 122 valence electrons. The SMILES string of the molecule is Cc1noc(C)c1CC(=O)N[C@@H](CC(=O)O)c1ccccc1Cl. The lowest BCUT2D eigenvalue weighted by Crippen LogP contribution is -2.31. The van der Waals surface area contributed by atoms with Gasteiger partial charge in [-0.05, 0) is 25.5 Å². The minimum atomic E-state index is -1.02. The van der Waals surface area contributed by atoms with Gasteiger partial charge in [0.05, 0.1) is 24.6 Å². The van der Waals surface area contributed by atoms with Crippen LogP contribution in [-0.4, -0.2) is 22.1 Å². The fraction of sp³-hybridized carbons (Fsp3) is 0.312. The van der Waals surface area contributed by atoms with Gasteiger partial charge < -0.3 is 14.9 Å². The number of amides is 1. The van der Waals surface area contributed by atoms with Crippen molar-refractivity contribution in [1.29, 1.82) is 0 Å². The van der Waals surface area contributed by atoms with Crippen LogP contribution in [0.2, 0.25) is 5.02 Å². The van der Waals surface area contributed by atoms with Crippen LogP contribution < -0.4 is 5.32 Å². The van der Waals surface area contributed by atoms with Crippen LogP contribution >= 0.6 is 11.6 Å². The van der Waals surface area contributed by atoms with Crippen molar-refractivity contribution in [3.63, 3.8) is 0 Å². The smallest absolute Gasteiger partial charge is 0.305 e. The number of hydrogen-bond donors (Lipinski definition) is 2. The van der Waals surface area contributed by atoms with Gasteiger partial charge in [0.2, 0.25) is 5.91 Å². The highest BCUT2D eigenvalue weighted by atomic mass is 35.5. The van der Waals surface area contributed by atoms with Gasteiger partial charge in [-0.2, -0.15) is 0 Å². The van der Waals surface area contributed by atoms with Crippen LogP contribution in [0, 0.1) is 13.8 Å². The third kappa shape index (κ3) is 4.32. The first kappa shape index (κ1) is 17.0. The number of carboxylic acid groups (broad SMARTS) is 1. The van der Waals surface area contributed by atoms with E-state index in [-0.39, 0.29) is 18.7 Å². The van der Waals surface area contributed by atoms with Crippen molar-refractivity contribution in [3.8, 4) is 0 Å². The van der Waals surface area contributed by atoms with Crippen molar-refractivity contribution in [3.05, 3.63) is 51.9 Å². The zero-order chi connectivity index (χ0) is 17.0. The molecule has 0 bridgehead atoms. The molecular weight excluding hydrogens is 320 g/mol. The summed E-state index contributed by atoms with van der Waals surface area (Å²) in [6.45, 7) is 3.48. The summed E-state index contributed by atoms with van der Waals surface area (Å²) in [6, 6.07) is 6.15. The third-order valence-corrected chi connectivity index (χ3v) is 3.86.